The van der Waals surface area contributed by atoms with E-state index in [1.807, 2.05) is 27.7 Å². The predicted molar refractivity (Wildman–Crippen MR) is 60.6 cm³/mol. The molecule has 0 bridgehead atoms. The van der Waals surface area contributed by atoms with Crippen molar-refractivity contribution in [3.05, 3.63) is 0 Å². The van der Waals surface area contributed by atoms with Gasteiger partial charge in [0.2, 0.25) is 0 Å². The Morgan fingerprint density at radius 2 is 0.529 bits per heavy atom. The fourth-order valence-corrected chi connectivity index (χ4v) is 0. The van der Waals surface area contributed by atoms with Crippen molar-refractivity contribution < 1.29 is 41.5 Å². The molecule has 0 saturated carbocycles. The topological polar surface area (TPSA) is 92.2 Å². The maximum atomic E-state index is 9.30. The summed E-state index contributed by atoms with van der Waals surface area (Å²) < 4.78 is 0. The van der Waals surface area contributed by atoms with Crippen molar-refractivity contribution in [2.75, 3.05) is 26.4 Å². The first-order chi connectivity index (χ1) is 7.66. The van der Waals surface area contributed by atoms with Crippen LogP contribution in [0.15, 0.2) is 0 Å². The summed E-state index contributed by atoms with van der Waals surface area (Å²) in [5.41, 5.74) is 0. The molecule has 0 atom stereocenters. The summed E-state index contributed by atoms with van der Waals surface area (Å²) in [5.74, 6) is 0. The molecule has 0 fully saturated rings. The quantitative estimate of drug-likeness (QED) is 0.585. The Kier molecular flexibility index (Phi) is 98.3. The predicted octanol–water partition coefficient (Wildman–Crippen LogP) is -0.976. The molecule has 0 radical (unpaired) electrons. The summed E-state index contributed by atoms with van der Waals surface area (Å²) in [5, 5.41) is 37.2. The Morgan fingerprint density at radius 3 is 0.529 bits per heavy atom. The Bertz CT molecular complexity index is 42.5. The maximum absolute atomic E-state index is 9.30. The van der Waals surface area contributed by atoms with Gasteiger partial charge in [-0.05, 0) is 0 Å². The fraction of sp³-hybridized carbons (Fsp3) is 1.00. The molecule has 17 heavy (non-hydrogen) atoms. The van der Waals surface area contributed by atoms with Gasteiger partial charge in [0.1, 0.15) is 0 Å². The van der Waals surface area contributed by atoms with E-state index in [4.69, 9.17) is 0 Å². The third-order valence-electron chi connectivity index (χ3n) is 0.816. The van der Waals surface area contributed by atoms with Crippen LogP contribution in [0.3, 0.4) is 0 Å². The molecule has 4 nitrogen and oxygen atoms in total. The third kappa shape index (κ3) is 170. The second-order valence-corrected chi connectivity index (χ2v) is 2.82. The summed E-state index contributed by atoms with van der Waals surface area (Å²) in [6.07, 6.45) is 3.06. The van der Waals surface area contributed by atoms with E-state index in [1.165, 1.54) is 0 Å². The average molecular weight is 420 g/mol. The molecule has 0 heterocycles. The van der Waals surface area contributed by atoms with Crippen LogP contribution in [0.4, 0.5) is 0 Å². The van der Waals surface area contributed by atoms with E-state index in [1.54, 1.807) is 0 Å². The zero-order valence-corrected chi connectivity index (χ0v) is 14.6. The van der Waals surface area contributed by atoms with Gasteiger partial charge in [-0.2, -0.15) is 0 Å². The summed E-state index contributed by atoms with van der Waals surface area (Å²) >= 11 is 0. The Balaban J connectivity index is -0.0000000369. The standard InChI is InChI=1S/4C3H7O.W/c4*1-2-3-4;/h4*2-3H2,1H3;/q4*-1;. The van der Waals surface area contributed by atoms with Crippen LogP contribution in [-0.2, 0) is 21.1 Å². The van der Waals surface area contributed by atoms with Gasteiger partial charge in [0.05, 0.1) is 0 Å². The van der Waals surface area contributed by atoms with Gasteiger partial charge in [-0.1, -0.05) is 53.4 Å². The summed E-state index contributed by atoms with van der Waals surface area (Å²) in [4.78, 5) is 0. The number of hydrogen-bond acceptors (Lipinski definition) is 4. The minimum absolute atomic E-state index is 0. The van der Waals surface area contributed by atoms with Gasteiger partial charge in [-0.3, -0.25) is 0 Å². The maximum Gasteiger partial charge on any atom is 0 e. The Morgan fingerprint density at radius 1 is 0.471 bits per heavy atom. The van der Waals surface area contributed by atoms with E-state index in [-0.39, 0.29) is 47.5 Å². The van der Waals surface area contributed by atoms with Gasteiger partial charge < -0.3 is 20.4 Å². The third-order valence-corrected chi connectivity index (χ3v) is 0.816. The van der Waals surface area contributed by atoms with Crippen molar-refractivity contribution >= 4 is 0 Å². The van der Waals surface area contributed by atoms with Crippen LogP contribution in [-0.4, -0.2) is 26.4 Å². The number of rotatable bonds is 4. The van der Waals surface area contributed by atoms with Crippen molar-refractivity contribution in [1.82, 2.24) is 0 Å². The monoisotopic (exact) mass is 420 g/mol. The van der Waals surface area contributed by atoms with Crippen LogP contribution in [0.5, 0.6) is 0 Å². The van der Waals surface area contributed by atoms with Crippen molar-refractivity contribution in [3.63, 3.8) is 0 Å². The molecule has 0 aromatic heterocycles. The van der Waals surface area contributed by atoms with Gasteiger partial charge >= 0.3 is 0 Å². The van der Waals surface area contributed by atoms with Crippen molar-refractivity contribution in [2.45, 2.75) is 53.4 Å². The minimum Gasteiger partial charge on any atom is -0.854 e. The van der Waals surface area contributed by atoms with Gasteiger partial charge in [-0.15, -0.1) is 26.4 Å². The smallest absolute Gasteiger partial charge is 0 e. The van der Waals surface area contributed by atoms with E-state index in [0.29, 0.717) is 0 Å². The first-order valence-electron chi connectivity index (χ1n) is 5.98. The van der Waals surface area contributed by atoms with Crippen molar-refractivity contribution in [2.24, 2.45) is 0 Å². The molecular weight excluding hydrogens is 392 g/mol. The molecule has 0 aliphatic carbocycles. The van der Waals surface area contributed by atoms with E-state index in [2.05, 4.69) is 0 Å². The van der Waals surface area contributed by atoms with Crippen LogP contribution >= 0.6 is 0 Å². The second kappa shape index (κ2) is 54.8. The Labute approximate surface area is 121 Å². The van der Waals surface area contributed by atoms with Crippen LogP contribution < -0.4 is 20.4 Å². The second-order valence-electron chi connectivity index (χ2n) is 2.82. The van der Waals surface area contributed by atoms with E-state index < -0.39 is 0 Å². The van der Waals surface area contributed by atoms with E-state index in [0.717, 1.165) is 25.7 Å². The molecule has 0 saturated heterocycles. The van der Waals surface area contributed by atoms with E-state index in [9.17, 15) is 20.4 Å². The van der Waals surface area contributed by atoms with Gasteiger partial charge in [0, 0.05) is 21.1 Å². The summed E-state index contributed by atoms with van der Waals surface area (Å²) in [6.45, 7) is 7.75. The molecule has 0 aliphatic rings. The molecule has 110 valence electrons. The molecular formula is C12H28O4W-4. The molecule has 0 N–H and O–H groups in total. The largest absolute Gasteiger partial charge is 0.854 e. The summed E-state index contributed by atoms with van der Waals surface area (Å²) in [7, 11) is 0. The minimum atomic E-state index is 0. The first kappa shape index (κ1) is 30.5. The molecule has 0 unspecified atom stereocenters. The normalized spacial score (nSPS) is 7.06. The van der Waals surface area contributed by atoms with Crippen molar-refractivity contribution in [3.8, 4) is 0 Å². The summed E-state index contributed by atoms with van der Waals surface area (Å²) in [6, 6.07) is 0. The molecule has 0 aliphatic heterocycles. The molecule has 0 spiro atoms. The molecule has 5 heteroatoms. The molecule has 0 amide bonds. The Hall–Kier alpha value is 0.528. The van der Waals surface area contributed by atoms with Crippen molar-refractivity contribution in [1.29, 1.82) is 0 Å². The van der Waals surface area contributed by atoms with Crippen LogP contribution in [0.25, 0.3) is 0 Å². The van der Waals surface area contributed by atoms with Gasteiger partial charge in [0.25, 0.3) is 0 Å². The zero-order chi connectivity index (χ0) is 13.7. The van der Waals surface area contributed by atoms with Crippen LogP contribution in [0.1, 0.15) is 53.4 Å². The van der Waals surface area contributed by atoms with Gasteiger partial charge in [-0.25, -0.2) is 0 Å². The number of hydrogen-bond donors (Lipinski definition) is 0. The SMILES string of the molecule is CCC[O-].CCC[O-].CCC[O-].CCC[O-].[W]. The van der Waals surface area contributed by atoms with Crippen LogP contribution in [0.2, 0.25) is 0 Å². The fourth-order valence-electron chi connectivity index (χ4n) is 0. The molecule has 0 aromatic carbocycles. The average Bonchev–Trinajstić information content (AvgIpc) is 2.39. The van der Waals surface area contributed by atoms with Gasteiger partial charge in [0.15, 0.2) is 0 Å². The molecule has 0 rings (SSSR count). The zero-order valence-electron chi connectivity index (χ0n) is 11.7. The van der Waals surface area contributed by atoms with Crippen LogP contribution in [0, 0.1) is 0 Å². The molecule has 0 aromatic rings. The van der Waals surface area contributed by atoms with E-state index >= 15 is 0 Å². The first-order valence-corrected chi connectivity index (χ1v) is 5.98.